The lowest BCUT2D eigenvalue weighted by atomic mass is 10.1. The van der Waals surface area contributed by atoms with Crippen molar-refractivity contribution in [3.63, 3.8) is 0 Å². The normalized spacial score (nSPS) is 22.7. The van der Waals surface area contributed by atoms with E-state index in [-0.39, 0.29) is 17.6 Å². The number of nitro benzene ring substituents is 1. The summed E-state index contributed by atoms with van der Waals surface area (Å²) in [6.45, 7) is 0. The molecule has 1 amide bonds. The molecule has 2 rings (SSSR count). The molecule has 0 radical (unpaired) electrons. The Morgan fingerprint density at radius 2 is 2.00 bits per heavy atom. The van der Waals surface area contributed by atoms with Gasteiger partial charge in [0.05, 0.1) is 4.92 Å². The van der Waals surface area contributed by atoms with Gasteiger partial charge in [-0.3, -0.25) is 14.9 Å². The van der Waals surface area contributed by atoms with Crippen LogP contribution in [-0.4, -0.2) is 21.7 Å². The summed E-state index contributed by atoms with van der Waals surface area (Å²) in [5.74, 6) is -0.179. The SMILES string of the molecule is O=C(N[C@@H]1CCC[C@H]1Br)c1ccc([N+](=O)[O-])cc1. The first-order valence-electron chi connectivity index (χ1n) is 5.77. The van der Waals surface area contributed by atoms with Crippen LogP contribution in [0.1, 0.15) is 29.6 Å². The molecular formula is C12H13BrN2O3. The summed E-state index contributed by atoms with van der Waals surface area (Å²) >= 11 is 3.53. The van der Waals surface area contributed by atoms with Gasteiger partial charge in [-0.1, -0.05) is 22.4 Å². The maximum absolute atomic E-state index is 11.9. The molecule has 0 aliphatic heterocycles. The number of carbonyl (C=O) groups is 1. The number of carbonyl (C=O) groups excluding carboxylic acids is 1. The van der Waals surface area contributed by atoms with E-state index in [4.69, 9.17) is 0 Å². The molecule has 1 aromatic carbocycles. The van der Waals surface area contributed by atoms with Crippen LogP contribution in [0.4, 0.5) is 5.69 Å². The van der Waals surface area contributed by atoms with Crippen LogP contribution in [0.25, 0.3) is 0 Å². The number of hydrogen-bond acceptors (Lipinski definition) is 3. The Labute approximate surface area is 113 Å². The van der Waals surface area contributed by atoms with E-state index >= 15 is 0 Å². The molecule has 0 saturated heterocycles. The number of halogens is 1. The second kappa shape index (κ2) is 5.48. The van der Waals surface area contributed by atoms with Crippen LogP contribution in [-0.2, 0) is 0 Å². The summed E-state index contributed by atoms with van der Waals surface area (Å²) in [6.07, 6.45) is 3.13. The van der Waals surface area contributed by atoms with Crippen molar-refractivity contribution in [1.29, 1.82) is 0 Å². The van der Waals surface area contributed by atoms with E-state index in [9.17, 15) is 14.9 Å². The molecule has 1 fully saturated rings. The minimum absolute atomic E-state index is 0.00853. The second-order valence-electron chi connectivity index (χ2n) is 4.33. The predicted molar refractivity (Wildman–Crippen MR) is 70.9 cm³/mol. The molecule has 96 valence electrons. The molecule has 1 aliphatic rings. The number of non-ortho nitro benzene ring substituents is 1. The summed E-state index contributed by atoms with van der Waals surface area (Å²) in [5.41, 5.74) is 0.443. The highest BCUT2D eigenvalue weighted by Crippen LogP contribution is 2.25. The van der Waals surface area contributed by atoms with Gasteiger partial charge in [0.1, 0.15) is 0 Å². The smallest absolute Gasteiger partial charge is 0.269 e. The van der Waals surface area contributed by atoms with Crippen molar-refractivity contribution < 1.29 is 9.72 Å². The van der Waals surface area contributed by atoms with Crippen LogP contribution in [0.15, 0.2) is 24.3 Å². The van der Waals surface area contributed by atoms with E-state index in [2.05, 4.69) is 21.2 Å². The zero-order valence-corrected chi connectivity index (χ0v) is 11.2. The van der Waals surface area contributed by atoms with E-state index in [1.807, 2.05) is 0 Å². The molecule has 0 spiro atoms. The lowest BCUT2D eigenvalue weighted by Gasteiger charge is -2.15. The zero-order valence-electron chi connectivity index (χ0n) is 9.64. The van der Waals surface area contributed by atoms with Crippen LogP contribution in [0.5, 0.6) is 0 Å². The standard InChI is InChI=1S/C12H13BrN2O3/c13-10-2-1-3-11(10)14-12(16)8-4-6-9(7-5-8)15(17)18/h4-7,10-11H,1-3H2,(H,14,16)/t10-,11-/m1/s1. The van der Waals surface area contributed by atoms with Gasteiger partial charge in [-0.05, 0) is 25.0 Å². The molecule has 0 bridgehead atoms. The highest BCUT2D eigenvalue weighted by Gasteiger charge is 2.26. The van der Waals surface area contributed by atoms with Crippen LogP contribution in [0, 0.1) is 10.1 Å². The van der Waals surface area contributed by atoms with Gasteiger partial charge in [0, 0.05) is 28.6 Å². The summed E-state index contributed by atoms with van der Waals surface area (Å²) in [7, 11) is 0. The quantitative estimate of drug-likeness (QED) is 0.530. The minimum Gasteiger partial charge on any atom is -0.348 e. The molecule has 18 heavy (non-hydrogen) atoms. The first kappa shape index (κ1) is 13.0. The maximum atomic E-state index is 11.9. The average molecular weight is 313 g/mol. The zero-order chi connectivity index (χ0) is 13.1. The summed E-state index contributed by atoms with van der Waals surface area (Å²) in [4.78, 5) is 22.3. The largest absolute Gasteiger partial charge is 0.348 e. The Kier molecular flexibility index (Phi) is 3.96. The van der Waals surface area contributed by atoms with Crippen molar-refractivity contribution in [3.05, 3.63) is 39.9 Å². The fourth-order valence-electron chi connectivity index (χ4n) is 2.06. The number of hydrogen-bond donors (Lipinski definition) is 1. The molecule has 1 N–H and O–H groups in total. The van der Waals surface area contributed by atoms with Crippen molar-refractivity contribution in [1.82, 2.24) is 5.32 Å². The third kappa shape index (κ3) is 2.87. The fraction of sp³-hybridized carbons (Fsp3) is 0.417. The van der Waals surface area contributed by atoms with Crippen LogP contribution in [0.2, 0.25) is 0 Å². The maximum Gasteiger partial charge on any atom is 0.269 e. The first-order chi connectivity index (χ1) is 8.58. The lowest BCUT2D eigenvalue weighted by molar-refractivity contribution is -0.384. The van der Waals surface area contributed by atoms with Crippen LogP contribution >= 0.6 is 15.9 Å². The monoisotopic (exact) mass is 312 g/mol. The highest BCUT2D eigenvalue weighted by atomic mass is 79.9. The molecule has 0 heterocycles. The molecule has 0 aromatic heterocycles. The summed E-state index contributed by atoms with van der Waals surface area (Å²) in [5, 5.41) is 13.4. The lowest BCUT2D eigenvalue weighted by Crippen LogP contribution is -2.37. The molecule has 0 unspecified atom stereocenters. The number of benzene rings is 1. The van der Waals surface area contributed by atoms with Gasteiger partial charge in [0.15, 0.2) is 0 Å². The number of rotatable bonds is 3. The third-order valence-electron chi connectivity index (χ3n) is 3.09. The topological polar surface area (TPSA) is 72.2 Å². The Bertz CT molecular complexity index is 461. The van der Waals surface area contributed by atoms with Gasteiger partial charge in [-0.2, -0.15) is 0 Å². The van der Waals surface area contributed by atoms with Crippen LogP contribution in [0.3, 0.4) is 0 Å². The van der Waals surface area contributed by atoms with E-state index < -0.39 is 4.92 Å². The van der Waals surface area contributed by atoms with Crippen molar-refractivity contribution in [3.8, 4) is 0 Å². The molecule has 1 aromatic rings. The first-order valence-corrected chi connectivity index (χ1v) is 6.69. The average Bonchev–Trinajstić information content (AvgIpc) is 2.75. The minimum atomic E-state index is -0.479. The van der Waals surface area contributed by atoms with E-state index in [0.717, 1.165) is 19.3 Å². The summed E-state index contributed by atoms with van der Waals surface area (Å²) in [6, 6.07) is 5.79. The predicted octanol–water partition coefficient (Wildman–Crippen LogP) is 2.64. The van der Waals surface area contributed by atoms with Gasteiger partial charge < -0.3 is 5.32 Å². The Balaban J connectivity index is 2.02. The third-order valence-corrected chi connectivity index (χ3v) is 4.18. The van der Waals surface area contributed by atoms with Gasteiger partial charge in [0.2, 0.25) is 0 Å². The molecular weight excluding hydrogens is 300 g/mol. The van der Waals surface area contributed by atoms with Crippen LogP contribution < -0.4 is 5.32 Å². The van der Waals surface area contributed by atoms with Crippen molar-refractivity contribution >= 4 is 27.5 Å². The van der Waals surface area contributed by atoms with Gasteiger partial charge in [-0.25, -0.2) is 0 Å². The van der Waals surface area contributed by atoms with Crippen molar-refractivity contribution in [2.75, 3.05) is 0 Å². The van der Waals surface area contributed by atoms with Crippen molar-refractivity contribution in [2.24, 2.45) is 0 Å². The number of nitrogens with zero attached hydrogens (tertiary/aromatic N) is 1. The number of amides is 1. The molecule has 6 heteroatoms. The van der Waals surface area contributed by atoms with E-state index in [1.165, 1.54) is 24.3 Å². The molecule has 1 saturated carbocycles. The number of nitrogens with one attached hydrogen (secondary N) is 1. The van der Waals surface area contributed by atoms with Crippen molar-refractivity contribution in [2.45, 2.75) is 30.1 Å². The second-order valence-corrected chi connectivity index (χ2v) is 5.51. The van der Waals surface area contributed by atoms with Gasteiger partial charge in [0.25, 0.3) is 11.6 Å². The number of alkyl halides is 1. The number of nitro groups is 1. The molecule has 1 aliphatic carbocycles. The van der Waals surface area contributed by atoms with E-state index in [1.54, 1.807) is 0 Å². The Morgan fingerprint density at radius 1 is 1.33 bits per heavy atom. The van der Waals surface area contributed by atoms with E-state index in [0.29, 0.717) is 10.4 Å². The molecule has 2 atom stereocenters. The van der Waals surface area contributed by atoms with Gasteiger partial charge in [-0.15, -0.1) is 0 Å². The van der Waals surface area contributed by atoms with Gasteiger partial charge >= 0.3 is 0 Å². The highest BCUT2D eigenvalue weighted by molar-refractivity contribution is 9.09. The Hall–Kier alpha value is -1.43. The Morgan fingerprint density at radius 3 is 2.50 bits per heavy atom. The summed E-state index contributed by atoms with van der Waals surface area (Å²) < 4.78 is 0. The molecule has 5 nitrogen and oxygen atoms in total. The fourth-order valence-corrected chi connectivity index (χ4v) is 2.78.